The summed E-state index contributed by atoms with van der Waals surface area (Å²) in [7, 11) is 0. The van der Waals surface area contributed by atoms with Crippen LogP contribution in [0.2, 0.25) is 0 Å². The van der Waals surface area contributed by atoms with Crippen LogP contribution < -0.4 is 4.90 Å². The highest BCUT2D eigenvalue weighted by Crippen LogP contribution is 2.45. The van der Waals surface area contributed by atoms with E-state index in [1.165, 1.54) is 51.9 Å². The Bertz CT molecular complexity index is 522. The van der Waals surface area contributed by atoms with Crippen molar-refractivity contribution < 1.29 is 9.90 Å². The largest absolute Gasteiger partial charge is 0.507 e. The van der Waals surface area contributed by atoms with Crippen molar-refractivity contribution in [2.24, 2.45) is 5.41 Å². The molecule has 1 aromatic rings. The maximum atomic E-state index is 11.4. The number of carbonyl (C=O) groups is 1. The Kier molecular flexibility index (Phi) is 3.92. The Labute approximate surface area is 127 Å². The first-order valence-corrected chi connectivity index (χ1v) is 8.19. The van der Waals surface area contributed by atoms with Crippen molar-refractivity contribution in [3.63, 3.8) is 0 Å². The molecular weight excluding hydrogens is 262 g/mol. The SMILES string of the molecule is CC(=O)c1ccc(N2CCC3(CCCCC3)CC2)cc1O. The molecule has 1 aliphatic heterocycles. The van der Waals surface area contributed by atoms with Crippen LogP contribution in [0.25, 0.3) is 0 Å². The molecule has 1 spiro atoms. The van der Waals surface area contributed by atoms with Crippen molar-refractivity contribution in [3.05, 3.63) is 23.8 Å². The summed E-state index contributed by atoms with van der Waals surface area (Å²) in [5.41, 5.74) is 2.05. The molecule has 2 aliphatic rings. The predicted molar refractivity (Wildman–Crippen MR) is 85.1 cm³/mol. The molecule has 3 heteroatoms. The van der Waals surface area contributed by atoms with Crippen LogP contribution in [0.3, 0.4) is 0 Å². The zero-order valence-corrected chi connectivity index (χ0v) is 12.9. The lowest BCUT2D eigenvalue weighted by molar-refractivity contribution is 0.101. The van der Waals surface area contributed by atoms with Crippen molar-refractivity contribution in [3.8, 4) is 5.75 Å². The van der Waals surface area contributed by atoms with Crippen molar-refractivity contribution in [1.82, 2.24) is 0 Å². The molecule has 0 bridgehead atoms. The number of piperidine rings is 1. The molecule has 1 aliphatic carbocycles. The average Bonchev–Trinajstić information content (AvgIpc) is 2.48. The van der Waals surface area contributed by atoms with Gasteiger partial charge in [0.2, 0.25) is 0 Å². The highest BCUT2D eigenvalue weighted by molar-refractivity contribution is 5.97. The Morgan fingerprint density at radius 2 is 1.76 bits per heavy atom. The number of carbonyl (C=O) groups excluding carboxylic acids is 1. The van der Waals surface area contributed by atoms with E-state index in [9.17, 15) is 9.90 Å². The van der Waals surface area contributed by atoms with E-state index in [1.807, 2.05) is 6.07 Å². The molecule has 0 radical (unpaired) electrons. The molecule has 3 nitrogen and oxygen atoms in total. The van der Waals surface area contributed by atoms with E-state index in [-0.39, 0.29) is 11.5 Å². The molecule has 1 heterocycles. The van der Waals surface area contributed by atoms with Crippen LogP contribution in [0.5, 0.6) is 5.75 Å². The minimum absolute atomic E-state index is 0.0844. The van der Waals surface area contributed by atoms with Crippen molar-refractivity contribution in [2.75, 3.05) is 18.0 Å². The normalized spacial score (nSPS) is 21.5. The van der Waals surface area contributed by atoms with E-state index < -0.39 is 0 Å². The van der Waals surface area contributed by atoms with Gasteiger partial charge in [-0.2, -0.15) is 0 Å². The van der Waals surface area contributed by atoms with Gasteiger partial charge < -0.3 is 10.0 Å². The fraction of sp³-hybridized carbons (Fsp3) is 0.611. The third-order valence-electron chi connectivity index (χ3n) is 5.46. The lowest BCUT2D eigenvalue weighted by Crippen LogP contribution is -2.41. The third-order valence-corrected chi connectivity index (χ3v) is 5.46. The van der Waals surface area contributed by atoms with Gasteiger partial charge in [-0.1, -0.05) is 19.3 Å². The lowest BCUT2D eigenvalue weighted by Gasteiger charge is -2.45. The van der Waals surface area contributed by atoms with Crippen molar-refractivity contribution in [2.45, 2.75) is 51.9 Å². The minimum Gasteiger partial charge on any atom is -0.507 e. The van der Waals surface area contributed by atoms with Crippen LogP contribution in [0.15, 0.2) is 18.2 Å². The highest BCUT2D eigenvalue weighted by atomic mass is 16.3. The molecule has 0 unspecified atom stereocenters. The Hall–Kier alpha value is -1.51. The summed E-state index contributed by atoms with van der Waals surface area (Å²) in [6.07, 6.45) is 9.53. The van der Waals surface area contributed by atoms with Crippen LogP contribution >= 0.6 is 0 Å². The second-order valence-electron chi connectivity index (χ2n) is 6.81. The molecule has 1 N–H and O–H groups in total. The number of phenols is 1. The fourth-order valence-corrected chi connectivity index (χ4v) is 4.06. The summed E-state index contributed by atoms with van der Waals surface area (Å²) in [6.45, 7) is 3.63. The molecule has 114 valence electrons. The summed E-state index contributed by atoms with van der Waals surface area (Å²) in [5, 5.41) is 9.99. The molecule has 0 amide bonds. The van der Waals surface area contributed by atoms with E-state index in [1.54, 1.807) is 12.1 Å². The van der Waals surface area contributed by atoms with E-state index in [4.69, 9.17) is 0 Å². The summed E-state index contributed by atoms with van der Waals surface area (Å²) >= 11 is 0. The molecule has 3 rings (SSSR count). The first kappa shape index (κ1) is 14.4. The number of benzene rings is 1. The van der Waals surface area contributed by atoms with Crippen molar-refractivity contribution >= 4 is 11.5 Å². The van der Waals surface area contributed by atoms with Gasteiger partial charge in [0, 0.05) is 24.8 Å². The number of Topliss-reactive ketones (excluding diaryl/α,β-unsaturated/α-hetero) is 1. The van der Waals surface area contributed by atoms with Gasteiger partial charge >= 0.3 is 0 Å². The second kappa shape index (κ2) is 5.70. The molecular formula is C18H25NO2. The van der Waals surface area contributed by atoms with Gasteiger partial charge in [0.15, 0.2) is 5.78 Å². The first-order valence-electron chi connectivity index (χ1n) is 8.19. The summed E-state index contributed by atoms with van der Waals surface area (Å²) in [4.78, 5) is 13.7. The number of anilines is 1. The lowest BCUT2D eigenvalue weighted by atomic mass is 9.68. The number of hydrogen-bond donors (Lipinski definition) is 1. The second-order valence-corrected chi connectivity index (χ2v) is 6.81. The van der Waals surface area contributed by atoms with Crippen LogP contribution in [0.1, 0.15) is 62.2 Å². The summed E-state index contributed by atoms with van der Waals surface area (Å²) in [5.74, 6) is 0.0248. The van der Waals surface area contributed by atoms with Crippen LogP contribution in [-0.4, -0.2) is 24.0 Å². The van der Waals surface area contributed by atoms with Gasteiger partial charge in [-0.05, 0) is 50.2 Å². The number of rotatable bonds is 2. The Morgan fingerprint density at radius 1 is 1.10 bits per heavy atom. The van der Waals surface area contributed by atoms with Gasteiger partial charge in [-0.15, -0.1) is 0 Å². The van der Waals surface area contributed by atoms with Crippen molar-refractivity contribution in [1.29, 1.82) is 0 Å². The van der Waals surface area contributed by atoms with Gasteiger partial charge in [0.25, 0.3) is 0 Å². The summed E-state index contributed by atoms with van der Waals surface area (Å²) in [6, 6.07) is 5.46. The molecule has 0 aromatic heterocycles. The first-order chi connectivity index (χ1) is 10.1. The van der Waals surface area contributed by atoms with E-state index in [2.05, 4.69) is 4.90 Å². The zero-order valence-electron chi connectivity index (χ0n) is 12.9. The minimum atomic E-state index is -0.0844. The monoisotopic (exact) mass is 287 g/mol. The number of hydrogen-bond acceptors (Lipinski definition) is 3. The Morgan fingerprint density at radius 3 is 2.33 bits per heavy atom. The number of aromatic hydroxyl groups is 1. The number of nitrogens with zero attached hydrogens (tertiary/aromatic N) is 1. The highest BCUT2D eigenvalue weighted by Gasteiger charge is 2.35. The standard InChI is InChI=1S/C18H25NO2/c1-14(20)16-6-5-15(13-17(16)21)19-11-9-18(10-12-19)7-3-2-4-8-18/h5-6,13,21H,2-4,7-12H2,1H3. The maximum Gasteiger partial charge on any atom is 0.163 e. The van der Waals surface area contributed by atoms with Crippen LogP contribution in [-0.2, 0) is 0 Å². The molecule has 1 saturated heterocycles. The van der Waals surface area contributed by atoms with E-state index in [0.29, 0.717) is 11.0 Å². The number of phenolic OH excluding ortho intramolecular Hbond substituents is 1. The summed E-state index contributed by atoms with van der Waals surface area (Å²) < 4.78 is 0. The molecule has 0 atom stereocenters. The number of ketones is 1. The maximum absolute atomic E-state index is 11.4. The molecule has 1 saturated carbocycles. The van der Waals surface area contributed by atoms with Gasteiger partial charge in [0.1, 0.15) is 5.75 Å². The van der Waals surface area contributed by atoms with Crippen LogP contribution in [0.4, 0.5) is 5.69 Å². The third kappa shape index (κ3) is 2.92. The van der Waals surface area contributed by atoms with Crippen LogP contribution in [0, 0.1) is 5.41 Å². The van der Waals surface area contributed by atoms with Gasteiger partial charge in [0.05, 0.1) is 5.56 Å². The quantitative estimate of drug-likeness (QED) is 0.831. The van der Waals surface area contributed by atoms with E-state index >= 15 is 0 Å². The average molecular weight is 287 g/mol. The van der Waals surface area contributed by atoms with Gasteiger partial charge in [-0.25, -0.2) is 0 Å². The topological polar surface area (TPSA) is 40.5 Å². The van der Waals surface area contributed by atoms with Gasteiger partial charge in [-0.3, -0.25) is 4.79 Å². The molecule has 2 fully saturated rings. The van der Waals surface area contributed by atoms with E-state index in [0.717, 1.165) is 18.8 Å². The fourth-order valence-electron chi connectivity index (χ4n) is 4.06. The smallest absolute Gasteiger partial charge is 0.163 e. The zero-order chi connectivity index (χ0) is 14.9. The Balaban J connectivity index is 1.69. The molecule has 21 heavy (non-hydrogen) atoms. The molecule has 1 aromatic carbocycles. The predicted octanol–water partition coefficient (Wildman–Crippen LogP) is 4.15.